The molecule has 0 saturated heterocycles. The van der Waals surface area contributed by atoms with E-state index < -0.39 is 0 Å². The van der Waals surface area contributed by atoms with Gasteiger partial charge in [0.05, 0.1) is 10.7 Å². The Bertz CT molecular complexity index is 692. The minimum absolute atomic E-state index is 0.0490. The third kappa shape index (κ3) is 2.89. The van der Waals surface area contributed by atoms with Gasteiger partial charge in [0.25, 0.3) is 0 Å². The van der Waals surface area contributed by atoms with E-state index in [4.69, 9.17) is 0 Å². The number of hydrogen-bond donors (Lipinski definition) is 3. The number of hydrazone groups is 1. The fourth-order valence-corrected chi connectivity index (χ4v) is 4.95. The molecule has 124 valence electrons. The van der Waals surface area contributed by atoms with Gasteiger partial charge in [-0.3, -0.25) is 4.79 Å². The monoisotopic (exact) mass is 444 g/mol. The lowest BCUT2D eigenvalue weighted by Crippen LogP contribution is -2.22. The molecule has 0 aromatic heterocycles. The van der Waals surface area contributed by atoms with Crippen LogP contribution in [-0.2, 0) is 4.79 Å². The van der Waals surface area contributed by atoms with Crippen molar-refractivity contribution < 1.29 is 15.0 Å². The van der Waals surface area contributed by atoms with E-state index in [0.717, 1.165) is 12.8 Å². The van der Waals surface area contributed by atoms with Crippen LogP contribution in [0.2, 0.25) is 0 Å². The number of hydrogen-bond acceptors (Lipinski definition) is 4. The number of nitrogens with zero attached hydrogens (tertiary/aromatic N) is 1. The molecule has 23 heavy (non-hydrogen) atoms. The number of rotatable bonds is 3. The fourth-order valence-electron chi connectivity index (χ4n) is 3.80. The zero-order valence-electron chi connectivity index (χ0n) is 12.6. The van der Waals surface area contributed by atoms with Crippen LogP contribution in [-0.4, -0.2) is 22.3 Å². The van der Waals surface area contributed by atoms with Crippen molar-refractivity contribution in [2.24, 2.45) is 22.4 Å². The summed E-state index contributed by atoms with van der Waals surface area (Å²) >= 11 is 6.30. The predicted octanol–water partition coefficient (Wildman–Crippen LogP) is 3.90. The SMILES string of the molecule is C[C@]12CCCC[C@@H]1[C@@H]2C(=O)N/N=C\c1cc(Br)c(O)c(Br)c1O. The van der Waals surface area contributed by atoms with Gasteiger partial charge in [-0.2, -0.15) is 5.10 Å². The molecule has 2 aliphatic rings. The van der Waals surface area contributed by atoms with Crippen LogP contribution < -0.4 is 5.43 Å². The fraction of sp³-hybridized carbons (Fsp3) is 0.500. The average molecular weight is 446 g/mol. The molecule has 7 heteroatoms. The first-order chi connectivity index (χ1) is 10.9. The molecule has 1 aromatic rings. The normalized spacial score (nSPS) is 29.3. The Morgan fingerprint density at radius 1 is 1.39 bits per heavy atom. The summed E-state index contributed by atoms with van der Waals surface area (Å²) in [6.45, 7) is 2.19. The molecule has 0 heterocycles. The second-order valence-corrected chi connectivity index (χ2v) is 8.18. The number of amides is 1. The standard InChI is InChI=1S/C16H18Br2N2O3/c1-16-5-3-2-4-9(16)11(16)15(23)20-19-7-8-6-10(17)14(22)12(18)13(8)21/h6-7,9,11,21-22H,2-5H2,1H3,(H,20,23)/b19-7-/t9-,11-,16+/m1/s1. The molecule has 1 amide bonds. The smallest absolute Gasteiger partial charge is 0.244 e. The number of phenolic OH excluding ortho intramolecular Hbond substituents is 2. The van der Waals surface area contributed by atoms with Gasteiger partial charge in [-0.15, -0.1) is 0 Å². The second kappa shape index (κ2) is 6.09. The van der Waals surface area contributed by atoms with Crippen molar-refractivity contribution in [3.8, 4) is 11.5 Å². The summed E-state index contributed by atoms with van der Waals surface area (Å²) in [5.74, 6) is 0.271. The first-order valence-corrected chi connectivity index (χ1v) is 9.17. The summed E-state index contributed by atoms with van der Waals surface area (Å²) < 4.78 is 0.607. The molecular weight excluding hydrogens is 428 g/mol. The largest absolute Gasteiger partial charge is 0.506 e. The highest BCUT2D eigenvalue weighted by Crippen LogP contribution is 2.66. The molecule has 5 nitrogen and oxygen atoms in total. The van der Waals surface area contributed by atoms with Gasteiger partial charge >= 0.3 is 0 Å². The Balaban J connectivity index is 1.67. The summed E-state index contributed by atoms with van der Waals surface area (Å²) in [4.78, 5) is 12.3. The minimum Gasteiger partial charge on any atom is -0.506 e. The van der Waals surface area contributed by atoms with Crippen molar-refractivity contribution >= 4 is 44.0 Å². The van der Waals surface area contributed by atoms with Crippen LogP contribution >= 0.6 is 31.9 Å². The Labute approximate surface area is 151 Å². The molecular formula is C16H18Br2N2O3. The maximum atomic E-state index is 12.3. The van der Waals surface area contributed by atoms with Gasteiger partial charge in [0.2, 0.25) is 5.91 Å². The third-order valence-electron chi connectivity index (χ3n) is 5.19. The van der Waals surface area contributed by atoms with Gasteiger partial charge in [-0.1, -0.05) is 19.8 Å². The van der Waals surface area contributed by atoms with Crippen molar-refractivity contribution in [2.75, 3.05) is 0 Å². The maximum absolute atomic E-state index is 12.3. The molecule has 3 atom stereocenters. The van der Waals surface area contributed by atoms with E-state index in [2.05, 4.69) is 49.3 Å². The first-order valence-electron chi connectivity index (χ1n) is 7.59. The van der Waals surface area contributed by atoms with Crippen LogP contribution in [0.5, 0.6) is 11.5 Å². The van der Waals surface area contributed by atoms with Crippen molar-refractivity contribution in [1.82, 2.24) is 5.43 Å². The minimum atomic E-state index is -0.129. The van der Waals surface area contributed by atoms with Crippen molar-refractivity contribution in [2.45, 2.75) is 32.6 Å². The van der Waals surface area contributed by atoms with Gasteiger partial charge in [0.15, 0.2) is 0 Å². The maximum Gasteiger partial charge on any atom is 0.244 e. The summed E-state index contributed by atoms with van der Waals surface area (Å²) in [5.41, 5.74) is 3.12. The molecule has 2 fully saturated rings. The van der Waals surface area contributed by atoms with Crippen molar-refractivity contribution in [1.29, 1.82) is 0 Å². The molecule has 0 aliphatic heterocycles. The summed E-state index contributed by atoms with van der Waals surface area (Å²) in [6.07, 6.45) is 6.01. The highest BCUT2D eigenvalue weighted by atomic mass is 79.9. The van der Waals surface area contributed by atoms with Gasteiger partial charge in [-0.05, 0) is 62.1 Å². The van der Waals surface area contributed by atoms with Gasteiger partial charge in [0, 0.05) is 11.5 Å². The number of halogens is 2. The predicted molar refractivity (Wildman–Crippen MR) is 94.5 cm³/mol. The van der Waals surface area contributed by atoms with Crippen LogP contribution in [0.3, 0.4) is 0 Å². The second-order valence-electron chi connectivity index (χ2n) is 6.53. The Morgan fingerprint density at radius 3 is 2.78 bits per heavy atom. The van der Waals surface area contributed by atoms with Crippen LogP contribution in [0.1, 0.15) is 38.2 Å². The number of fused-ring (bicyclic) bond motifs is 1. The van der Waals surface area contributed by atoms with Crippen molar-refractivity contribution in [3.05, 3.63) is 20.6 Å². The van der Waals surface area contributed by atoms with E-state index in [1.165, 1.54) is 25.1 Å². The summed E-state index contributed by atoms with van der Waals surface area (Å²) in [6, 6.07) is 1.53. The summed E-state index contributed by atoms with van der Waals surface area (Å²) in [5, 5.41) is 23.6. The van der Waals surface area contributed by atoms with Crippen LogP contribution in [0.15, 0.2) is 20.1 Å². The topological polar surface area (TPSA) is 81.9 Å². The van der Waals surface area contributed by atoms with Gasteiger partial charge < -0.3 is 10.2 Å². The number of phenols is 2. The highest BCUT2D eigenvalue weighted by molar-refractivity contribution is 9.11. The zero-order chi connectivity index (χ0) is 16.8. The number of carbonyl (C=O) groups is 1. The lowest BCUT2D eigenvalue weighted by Gasteiger charge is -2.15. The van der Waals surface area contributed by atoms with E-state index in [1.807, 2.05) is 0 Å². The molecule has 2 saturated carbocycles. The average Bonchev–Trinajstić information content (AvgIpc) is 3.15. The lowest BCUT2D eigenvalue weighted by atomic mass is 9.90. The highest BCUT2D eigenvalue weighted by Gasteiger charge is 2.64. The Hall–Kier alpha value is -1.08. The quantitative estimate of drug-likeness (QED) is 0.487. The van der Waals surface area contributed by atoms with E-state index in [0.29, 0.717) is 16.0 Å². The molecule has 0 unspecified atom stereocenters. The zero-order valence-corrected chi connectivity index (χ0v) is 15.8. The van der Waals surface area contributed by atoms with E-state index in [-0.39, 0.29) is 33.2 Å². The molecule has 3 rings (SSSR count). The Kier molecular flexibility index (Phi) is 4.44. The molecule has 1 aromatic carbocycles. The lowest BCUT2D eigenvalue weighted by molar-refractivity contribution is -0.123. The van der Waals surface area contributed by atoms with Gasteiger partial charge in [-0.25, -0.2) is 5.43 Å². The molecule has 2 aliphatic carbocycles. The van der Waals surface area contributed by atoms with E-state index in [1.54, 1.807) is 0 Å². The number of benzene rings is 1. The number of nitrogens with one attached hydrogen (secondary N) is 1. The molecule has 3 N–H and O–H groups in total. The van der Waals surface area contributed by atoms with Gasteiger partial charge in [0.1, 0.15) is 16.0 Å². The van der Waals surface area contributed by atoms with Crippen LogP contribution in [0.4, 0.5) is 0 Å². The number of carbonyl (C=O) groups excluding carboxylic acids is 1. The first kappa shape index (κ1) is 16.8. The molecule has 0 spiro atoms. The number of aromatic hydroxyl groups is 2. The van der Waals surface area contributed by atoms with E-state index in [9.17, 15) is 15.0 Å². The van der Waals surface area contributed by atoms with Crippen molar-refractivity contribution in [3.63, 3.8) is 0 Å². The van der Waals surface area contributed by atoms with E-state index >= 15 is 0 Å². The Morgan fingerprint density at radius 2 is 2.13 bits per heavy atom. The molecule has 0 bridgehead atoms. The summed E-state index contributed by atoms with van der Waals surface area (Å²) in [7, 11) is 0. The third-order valence-corrected chi connectivity index (χ3v) is 6.55. The van der Waals surface area contributed by atoms with Crippen LogP contribution in [0, 0.1) is 17.3 Å². The van der Waals surface area contributed by atoms with Crippen LogP contribution in [0.25, 0.3) is 0 Å². The molecule has 0 radical (unpaired) electrons.